The quantitative estimate of drug-likeness (QED) is 0.693. The van der Waals surface area contributed by atoms with E-state index in [1.807, 2.05) is 7.05 Å². The molecule has 1 heterocycles. The molecule has 0 spiro atoms. The summed E-state index contributed by atoms with van der Waals surface area (Å²) >= 11 is 0. The van der Waals surface area contributed by atoms with Gasteiger partial charge in [0.1, 0.15) is 0 Å². The standard InChI is InChI=1S/C9H17NO3/c1-10-4-3-9(6-10,7-13-2)5-8(11)12/h3-7H2,1-2H3,(H,11,12). The van der Waals surface area contributed by atoms with Crippen LogP contribution in [0.3, 0.4) is 0 Å². The van der Waals surface area contributed by atoms with Crippen LogP contribution in [0, 0.1) is 5.41 Å². The number of carboxylic acids is 1. The van der Waals surface area contributed by atoms with Gasteiger partial charge in [-0.1, -0.05) is 0 Å². The molecule has 4 nitrogen and oxygen atoms in total. The number of nitrogens with zero attached hydrogens (tertiary/aromatic N) is 1. The first-order chi connectivity index (χ1) is 6.08. The van der Waals surface area contributed by atoms with E-state index in [0.717, 1.165) is 19.5 Å². The second kappa shape index (κ2) is 4.07. The van der Waals surface area contributed by atoms with Gasteiger partial charge in [-0.15, -0.1) is 0 Å². The van der Waals surface area contributed by atoms with Crippen molar-refractivity contribution in [3.63, 3.8) is 0 Å². The van der Waals surface area contributed by atoms with Crippen LogP contribution in [0.15, 0.2) is 0 Å². The maximum atomic E-state index is 10.7. The molecule has 1 saturated heterocycles. The van der Waals surface area contributed by atoms with Crippen molar-refractivity contribution in [3.05, 3.63) is 0 Å². The molecule has 1 rings (SSSR count). The first kappa shape index (κ1) is 10.5. The third kappa shape index (κ3) is 2.67. The van der Waals surface area contributed by atoms with E-state index < -0.39 is 5.97 Å². The van der Waals surface area contributed by atoms with E-state index in [4.69, 9.17) is 9.84 Å². The lowest BCUT2D eigenvalue weighted by Gasteiger charge is -2.25. The van der Waals surface area contributed by atoms with Gasteiger partial charge in [0.25, 0.3) is 0 Å². The second-order valence-corrected chi connectivity index (χ2v) is 3.99. The molecule has 1 aliphatic heterocycles. The molecule has 0 amide bonds. The lowest BCUT2D eigenvalue weighted by atomic mass is 9.84. The maximum absolute atomic E-state index is 10.7. The van der Waals surface area contributed by atoms with E-state index in [-0.39, 0.29) is 11.8 Å². The number of carboxylic acid groups (broad SMARTS) is 1. The number of carbonyl (C=O) groups is 1. The van der Waals surface area contributed by atoms with Gasteiger partial charge in [-0.05, 0) is 20.0 Å². The number of likely N-dealkylation sites (tertiary alicyclic amines) is 1. The zero-order valence-corrected chi connectivity index (χ0v) is 8.25. The number of methoxy groups -OCH3 is 1. The van der Waals surface area contributed by atoms with Crippen molar-refractivity contribution in [2.24, 2.45) is 5.41 Å². The van der Waals surface area contributed by atoms with Gasteiger partial charge in [0.15, 0.2) is 0 Å². The molecular weight excluding hydrogens is 170 g/mol. The van der Waals surface area contributed by atoms with Gasteiger partial charge in [-0.2, -0.15) is 0 Å². The third-order valence-electron chi connectivity index (χ3n) is 2.61. The largest absolute Gasteiger partial charge is 0.481 e. The van der Waals surface area contributed by atoms with Gasteiger partial charge in [0.2, 0.25) is 0 Å². The molecule has 0 saturated carbocycles. The Balaban J connectivity index is 2.59. The molecule has 1 atom stereocenters. The Kier molecular flexibility index (Phi) is 3.27. The Hall–Kier alpha value is -0.610. The number of ether oxygens (including phenoxy) is 1. The van der Waals surface area contributed by atoms with Gasteiger partial charge in [0.05, 0.1) is 13.0 Å². The molecule has 1 N–H and O–H groups in total. The van der Waals surface area contributed by atoms with Crippen molar-refractivity contribution in [2.45, 2.75) is 12.8 Å². The molecule has 0 radical (unpaired) electrons. The Bertz CT molecular complexity index is 191. The Morgan fingerprint density at radius 3 is 2.77 bits per heavy atom. The summed E-state index contributed by atoms with van der Waals surface area (Å²) in [5.41, 5.74) is -0.157. The summed E-state index contributed by atoms with van der Waals surface area (Å²) < 4.78 is 5.09. The molecule has 1 unspecified atom stereocenters. The van der Waals surface area contributed by atoms with Crippen LogP contribution >= 0.6 is 0 Å². The number of rotatable bonds is 4. The third-order valence-corrected chi connectivity index (χ3v) is 2.61. The molecule has 0 aromatic carbocycles. The highest BCUT2D eigenvalue weighted by Gasteiger charge is 2.38. The lowest BCUT2D eigenvalue weighted by Crippen LogP contribution is -2.32. The minimum atomic E-state index is -0.729. The average molecular weight is 187 g/mol. The summed E-state index contributed by atoms with van der Waals surface area (Å²) in [6.45, 7) is 2.34. The van der Waals surface area contributed by atoms with E-state index in [9.17, 15) is 4.79 Å². The molecule has 1 fully saturated rings. The van der Waals surface area contributed by atoms with Gasteiger partial charge >= 0.3 is 5.97 Å². The lowest BCUT2D eigenvalue weighted by molar-refractivity contribution is -0.140. The smallest absolute Gasteiger partial charge is 0.304 e. The zero-order chi connectivity index (χ0) is 9.90. The minimum Gasteiger partial charge on any atom is -0.481 e. The summed E-state index contributed by atoms with van der Waals surface area (Å²) in [5, 5.41) is 8.78. The fraction of sp³-hybridized carbons (Fsp3) is 0.889. The van der Waals surface area contributed by atoms with Crippen LogP contribution in [-0.2, 0) is 9.53 Å². The molecule has 4 heteroatoms. The minimum absolute atomic E-state index is 0.157. The molecule has 0 bridgehead atoms. The first-order valence-corrected chi connectivity index (χ1v) is 4.47. The van der Waals surface area contributed by atoms with Crippen molar-refractivity contribution >= 4 is 5.97 Å². The fourth-order valence-electron chi connectivity index (χ4n) is 2.10. The van der Waals surface area contributed by atoms with Gasteiger partial charge < -0.3 is 14.7 Å². The second-order valence-electron chi connectivity index (χ2n) is 3.99. The zero-order valence-electron chi connectivity index (χ0n) is 8.25. The SMILES string of the molecule is COCC1(CC(=O)O)CCN(C)C1. The predicted octanol–water partition coefficient (Wildman–Crippen LogP) is 0.429. The van der Waals surface area contributed by atoms with Crippen LogP contribution in [0.25, 0.3) is 0 Å². The van der Waals surface area contributed by atoms with Crippen molar-refractivity contribution < 1.29 is 14.6 Å². The van der Waals surface area contributed by atoms with Crippen LogP contribution in [0.4, 0.5) is 0 Å². The fourth-order valence-corrected chi connectivity index (χ4v) is 2.10. The van der Waals surface area contributed by atoms with E-state index in [0.29, 0.717) is 6.61 Å². The summed E-state index contributed by atoms with van der Waals surface area (Å²) in [7, 11) is 3.64. The van der Waals surface area contributed by atoms with Crippen molar-refractivity contribution in [1.82, 2.24) is 4.90 Å². The molecule has 0 aliphatic carbocycles. The predicted molar refractivity (Wildman–Crippen MR) is 48.7 cm³/mol. The highest BCUT2D eigenvalue weighted by atomic mass is 16.5. The van der Waals surface area contributed by atoms with Crippen molar-refractivity contribution in [1.29, 1.82) is 0 Å². The number of hydrogen-bond donors (Lipinski definition) is 1. The summed E-state index contributed by atoms with van der Waals surface area (Å²) in [4.78, 5) is 12.8. The number of hydrogen-bond acceptors (Lipinski definition) is 3. The van der Waals surface area contributed by atoms with E-state index in [2.05, 4.69) is 4.90 Å². The average Bonchev–Trinajstić information content (AvgIpc) is 2.31. The van der Waals surface area contributed by atoms with E-state index in [1.165, 1.54) is 0 Å². The summed E-state index contributed by atoms with van der Waals surface area (Å²) in [6.07, 6.45) is 1.13. The topological polar surface area (TPSA) is 49.8 Å². The maximum Gasteiger partial charge on any atom is 0.304 e. The van der Waals surface area contributed by atoms with Crippen LogP contribution in [0.2, 0.25) is 0 Å². The van der Waals surface area contributed by atoms with Gasteiger partial charge in [-0.25, -0.2) is 0 Å². The van der Waals surface area contributed by atoms with E-state index in [1.54, 1.807) is 7.11 Å². The Morgan fingerprint density at radius 1 is 1.69 bits per heavy atom. The Labute approximate surface area is 78.5 Å². The highest BCUT2D eigenvalue weighted by Crippen LogP contribution is 2.33. The van der Waals surface area contributed by atoms with Crippen LogP contribution < -0.4 is 0 Å². The monoisotopic (exact) mass is 187 g/mol. The first-order valence-electron chi connectivity index (χ1n) is 4.47. The Morgan fingerprint density at radius 2 is 2.38 bits per heavy atom. The van der Waals surface area contributed by atoms with Gasteiger partial charge in [-0.3, -0.25) is 4.79 Å². The molecular formula is C9H17NO3. The van der Waals surface area contributed by atoms with Crippen molar-refractivity contribution in [3.8, 4) is 0 Å². The summed E-state index contributed by atoms with van der Waals surface area (Å²) in [6, 6.07) is 0. The van der Waals surface area contributed by atoms with Crippen molar-refractivity contribution in [2.75, 3.05) is 33.9 Å². The molecule has 0 aromatic rings. The highest BCUT2D eigenvalue weighted by molar-refractivity contribution is 5.67. The molecule has 13 heavy (non-hydrogen) atoms. The summed E-state index contributed by atoms with van der Waals surface area (Å²) in [5.74, 6) is -0.729. The van der Waals surface area contributed by atoms with E-state index >= 15 is 0 Å². The molecule has 0 aromatic heterocycles. The van der Waals surface area contributed by atoms with Crippen LogP contribution in [0.5, 0.6) is 0 Å². The molecule has 1 aliphatic rings. The van der Waals surface area contributed by atoms with Crippen LogP contribution in [0.1, 0.15) is 12.8 Å². The normalized spacial score (nSPS) is 29.4. The van der Waals surface area contributed by atoms with Crippen LogP contribution in [-0.4, -0.2) is 49.8 Å². The number of aliphatic carboxylic acids is 1. The molecule has 76 valence electrons. The van der Waals surface area contributed by atoms with Gasteiger partial charge in [0, 0.05) is 19.1 Å².